The topological polar surface area (TPSA) is 84.9 Å². The van der Waals surface area contributed by atoms with Gasteiger partial charge in [-0.05, 0) is 31.4 Å². The summed E-state index contributed by atoms with van der Waals surface area (Å²) >= 11 is 1.12. The number of nitrogens with zero attached hydrogens (tertiary/aromatic N) is 1. The van der Waals surface area contributed by atoms with Crippen molar-refractivity contribution in [2.45, 2.75) is 30.1 Å². The van der Waals surface area contributed by atoms with E-state index in [2.05, 4.69) is 5.32 Å². The summed E-state index contributed by atoms with van der Waals surface area (Å²) in [5, 5.41) is 4.36. The molecule has 0 saturated carbocycles. The molecule has 1 amide bonds. The Bertz CT molecular complexity index is 939. The number of likely N-dealkylation sites (N-methyl/N-ethyl adjacent to an activating group) is 1. The van der Waals surface area contributed by atoms with Crippen LogP contribution in [-0.2, 0) is 21.2 Å². The van der Waals surface area contributed by atoms with Crippen molar-refractivity contribution in [3.8, 4) is 11.5 Å². The van der Waals surface area contributed by atoms with Crippen LogP contribution in [0, 0.1) is 0 Å². The van der Waals surface area contributed by atoms with E-state index in [9.17, 15) is 13.2 Å². The smallest absolute Gasteiger partial charge is 0.252 e. The molecule has 1 N–H and O–H groups in total. The van der Waals surface area contributed by atoms with E-state index in [-0.39, 0.29) is 35.4 Å². The van der Waals surface area contributed by atoms with Crippen LogP contribution in [-0.4, -0.2) is 51.0 Å². The van der Waals surface area contributed by atoms with Crippen molar-refractivity contribution >= 4 is 27.3 Å². The van der Waals surface area contributed by atoms with Crippen LogP contribution in [0.15, 0.2) is 39.9 Å². The van der Waals surface area contributed by atoms with Gasteiger partial charge in [0.05, 0.1) is 13.1 Å². The zero-order valence-electron chi connectivity index (χ0n) is 16.1. The van der Waals surface area contributed by atoms with E-state index >= 15 is 0 Å². The Kier molecular flexibility index (Phi) is 5.97. The zero-order chi connectivity index (χ0) is 20.4. The van der Waals surface area contributed by atoms with Crippen molar-refractivity contribution in [2.75, 3.05) is 26.7 Å². The molecule has 9 heteroatoms. The second-order valence-corrected chi connectivity index (χ2v) is 10.4. The molecule has 0 saturated heterocycles. The number of hydrogen-bond acceptors (Lipinski definition) is 6. The number of rotatable bonds is 8. The molecule has 2 heterocycles. The van der Waals surface area contributed by atoms with E-state index in [1.165, 1.54) is 13.1 Å². The molecule has 0 atom stereocenters. The van der Waals surface area contributed by atoms with E-state index in [4.69, 9.17) is 9.47 Å². The molecular formula is C19H24N2O5S2. The van der Waals surface area contributed by atoms with Crippen molar-refractivity contribution in [3.05, 3.63) is 41.3 Å². The van der Waals surface area contributed by atoms with Gasteiger partial charge in [-0.25, -0.2) is 8.42 Å². The van der Waals surface area contributed by atoms with E-state index in [0.717, 1.165) is 33.4 Å². The number of carbonyl (C=O) groups excluding carboxylic acids is 1. The molecule has 0 unspecified atom stereocenters. The third-order valence-corrected chi connectivity index (χ3v) is 7.44. The second kappa shape index (κ2) is 8.10. The van der Waals surface area contributed by atoms with Crippen LogP contribution in [0.5, 0.6) is 11.5 Å². The van der Waals surface area contributed by atoms with Crippen molar-refractivity contribution < 1.29 is 22.7 Å². The fraction of sp³-hybridized carbons (Fsp3) is 0.421. The minimum absolute atomic E-state index is 0.215. The van der Waals surface area contributed by atoms with E-state index in [1.54, 1.807) is 11.4 Å². The third-order valence-electron chi connectivity index (χ3n) is 4.26. The number of ether oxygens (including phenoxy) is 2. The normalized spacial score (nSPS) is 15.1. The molecule has 1 aliphatic rings. The Hall–Kier alpha value is -2.10. The van der Waals surface area contributed by atoms with Crippen molar-refractivity contribution in [3.63, 3.8) is 0 Å². The predicted molar refractivity (Wildman–Crippen MR) is 107 cm³/mol. The van der Waals surface area contributed by atoms with E-state index in [0.29, 0.717) is 5.75 Å². The minimum atomic E-state index is -3.64. The number of nitrogens with one attached hydrogen (secondary N) is 1. The summed E-state index contributed by atoms with van der Waals surface area (Å²) in [6, 6.07) is 8.95. The highest BCUT2D eigenvalue weighted by molar-refractivity contribution is 7.91. The lowest BCUT2D eigenvalue weighted by Crippen LogP contribution is -2.39. The lowest BCUT2D eigenvalue weighted by molar-refractivity contribution is -0.121. The van der Waals surface area contributed by atoms with Crippen LogP contribution in [0.1, 0.15) is 19.4 Å². The second-order valence-electron chi connectivity index (χ2n) is 7.17. The van der Waals surface area contributed by atoms with E-state index < -0.39 is 10.0 Å². The summed E-state index contributed by atoms with van der Waals surface area (Å²) in [6.07, 6.45) is 0.821. The maximum absolute atomic E-state index is 12.3. The first kappa shape index (κ1) is 20.6. The number of benzene rings is 1. The molecule has 0 aliphatic carbocycles. The predicted octanol–water partition coefficient (Wildman–Crippen LogP) is 2.28. The summed E-state index contributed by atoms with van der Waals surface area (Å²) in [6.45, 7) is 4.32. The highest BCUT2D eigenvalue weighted by atomic mass is 32.2. The Morgan fingerprint density at radius 2 is 2.11 bits per heavy atom. The Morgan fingerprint density at radius 1 is 1.32 bits per heavy atom. The number of amides is 1. The molecule has 0 radical (unpaired) electrons. The molecule has 152 valence electrons. The van der Waals surface area contributed by atoms with Crippen LogP contribution < -0.4 is 14.8 Å². The quantitative estimate of drug-likeness (QED) is 0.657. The molecule has 0 bridgehead atoms. The van der Waals surface area contributed by atoms with Crippen molar-refractivity contribution in [1.82, 2.24) is 9.62 Å². The third kappa shape index (κ3) is 4.65. The first-order valence-electron chi connectivity index (χ1n) is 8.89. The van der Waals surface area contributed by atoms with Crippen LogP contribution in [0.4, 0.5) is 0 Å². The first-order valence-corrected chi connectivity index (χ1v) is 11.2. The molecule has 1 aliphatic heterocycles. The fourth-order valence-electron chi connectivity index (χ4n) is 2.96. The maximum atomic E-state index is 12.3. The van der Waals surface area contributed by atoms with E-state index in [1.807, 2.05) is 32.0 Å². The molecule has 0 fully saturated rings. The SMILES string of the molecule is CN(CC(=O)NCCOc1cccc2c1OC(C)(C)C2)S(=O)(=O)c1cccs1. The average Bonchev–Trinajstić information content (AvgIpc) is 3.25. The van der Waals surface area contributed by atoms with Gasteiger partial charge in [-0.1, -0.05) is 18.2 Å². The van der Waals surface area contributed by atoms with Gasteiger partial charge in [-0.2, -0.15) is 4.31 Å². The number of fused-ring (bicyclic) bond motifs is 1. The maximum Gasteiger partial charge on any atom is 0.252 e. The van der Waals surface area contributed by atoms with Gasteiger partial charge < -0.3 is 14.8 Å². The number of para-hydroxylation sites is 1. The number of thiophene rings is 1. The first-order chi connectivity index (χ1) is 13.2. The standard InChI is InChI=1S/C19H24N2O5S2/c1-19(2)12-14-6-4-7-15(18(14)26-19)25-10-9-20-16(22)13-21(3)28(23,24)17-8-5-11-27-17/h4-8,11H,9-10,12-13H2,1-3H3,(H,20,22). The minimum Gasteiger partial charge on any atom is -0.488 e. The highest BCUT2D eigenvalue weighted by Gasteiger charge is 2.32. The summed E-state index contributed by atoms with van der Waals surface area (Å²) in [4.78, 5) is 12.1. The van der Waals surface area contributed by atoms with Gasteiger partial charge in [-0.3, -0.25) is 4.79 Å². The molecule has 0 spiro atoms. The summed E-state index contributed by atoms with van der Waals surface area (Å²) in [5.74, 6) is 1.01. The summed E-state index contributed by atoms with van der Waals surface area (Å²) in [5.41, 5.74) is 0.848. The largest absolute Gasteiger partial charge is 0.488 e. The molecule has 3 rings (SSSR count). The van der Waals surface area contributed by atoms with Gasteiger partial charge in [0.15, 0.2) is 11.5 Å². The fourth-order valence-corrected chi connectivity index (χ4v) is 5.29. The van der Waals surface area contributed by atoms with Crippen molar-refractivity contribution in [2.24, 2.45) is 0 Å². The molecule has 2 aromatic rings. The molecule has 28 heavy (non-hydrogen) atoms. The molecule has 1 aromatic heterocycles. The highest BCUT2D eigenvalue weighted by Crippen LogP contribution is 2.41. The van der Waals surface area contributed by atoms with Crippen LogP contribution >= 0.6 is 11.3 Å². The Labute approximate surface area is 169 Å². The monoisotopic (exact) mass is 424 g/mol. The number of carbonyl (C=O) groups is 1. The number of sulfonamides is 1. The average molecular weight is 425 g/mol. The summed E-state index contributed by atoms with van der Waals surface area (Å²) in [7, 11) is -2.25. The van der Waals surface area contributed by atoms with Gasteiger partial charge in [0.1, 0.15) is 16.4 Å². The molecule has 7 nitrogen and oxygen atoms in total. The van der Waals surface area contributed by atoms with Crippen LogP contribution in [0.25, 0.3) is 0 Å². The molecule has 1 aromatic carbocycles. The Morgan fingerprint density at radius 3 is 2.82 bits per heavy atom. The van der Waals surface area contributed by atoms with Gasteiger partial charge in [-0.15, -0.1) is 11.3 Å². The van der Waals surface area contributed by atoms with Crippen LogP contribution in [0.2, 0.25) is 0 Å². The van der Waals surface area contributed by atoms with Gasteiger partial charge in [0, 0.05) is 19.0 Å². The Balaban J connectivity index is 1.47. The van der Waals surface area contributed by atoms with Crippen LogP contribution in [0.3, 0.4) is 0 Å². The van der Waals surface area contributed by atoms with Crippen molar-refractivity contribution in [1.29, 1.82) is 0 Å². The van der Waals surface area contributed by atoms with Gasteiger partial charge in [0.25, 0.3) is 10.0 Å². The van der Waals surface area contributed by atoms with Gasteiger partial charge in [0.2, 0.25) is 5.91 Å². The molecular weight excluding hydrogens is 400 g/mol. The lowest BCUT2D eigenvalue weighted by Gasteiger charge is -2.18. The lowest BCUT2D eigenvalue weighted by atomic mass is 10.0. The summed E-state index contributed by atoms with van der Waals surface area (Å²) < 4.78 is 37.6. The van der Waals surface area contributed by atoms with Gasteiger partial charge >= 0.3 is 0 Å². The number of hydrogen-bond donors (Lipinski definition) is 1. The zero-order valence-corrected chi connectivity index (χ0v) is 17.7.